The number of anilines is 1. The lowest BCUT2D eigenvalue weighted by Crippen LogP contribution is -2.35. The summed E-state index contributed by atoms with van der Waals surface area (Å²) in [5, 5.41) is 2.49. The van der Waals surface area contributed by atoms with Gasteiger partial charge in [0.15, 0.2) is 0 Å². The van der Waals surface area contributed by atoms with Gasteiger partial charge >= 0.3 is 22.3 Å². The fraction of sp³-hybridized carbons (Fsp3) is 0.350. The Bertz CT molecular complexity index is 979. The number of nitrogens with zero attached hydrogens (tertiary/aromatic N) is 1. The maximum Gasteiger partial charge on any atom is 0.416 e. The van der Waals surface area contributed by atoms with Gasteiger partial charge in [0.25, 0.3) is 0 Å². The van der Waals surface area contributed by atoms with E-state index in [1.54, 1.807) is 12.1 Å². The third-order valence-electron chi connectivity index (χ3n) is 4.05. The molecule has 2 rings (SSSR count). The Morgan fingerprint density at radius 3 is 2.39 bits per heavy atom. The Morgan fingerprint density at radius 1 is 1.13 bits per heavy atom. The largest absolute Gasteiger partial charge is 0.416 e. The summed E-state index contributed by atoms with van der Waals surface area (Å²) < 4.78 is 70.9. The van der Waals surface area contributed by atoms with Gasteiger partial charge in [-0.3, -0.25) is 0 Å². The maximum absolute atomic E-state index is 12.9. The lowest BCUT2D eigenvalue weighted by Gasteiger charge is -2.23. The van der Waals surface area contributed by atoms with Gasteiger partial charge < -0.3 is 19.1 Å². The van der Waals surface area contributed by atoms with E-state index in [0.29, 0.717) is 25.1 Å². The van der Waals surface area contributed by atoms with E-state index in [-0.39, 0.29) is 18.0 Å². The standard InChI is InChI=1S/C20H23F3N2O5S/c1-29-12-4-11-25(14-15-7-9-18(10-8-15)30-31(2,27)28)19(26)24-17-6-3-5-16(13-17)20(21,22)23/h3,5-10,13H,4,11-12,14H2,1-2H3,(H,24,26). The van der Waals surface area contributed by atoms with Crippen LogP contribution in [-0.4, -0.2) is 45.9 Å². The zero-order valence-corrected chi connectivity index (χ0v) is 17.8. The van der Waals surface area contributed by atoms with Crippen molar-refractivity contribution in [3.8, 4) is 5.75 Å². The van der Waals surface area contributed by atoms with Crippen molar-refractivity contribution in [1.82, 2.24) is 4.90 Å². The van der Waals surface area contributed by atoms with Crippen molar-refractivity contribution in [3.63, 3.8) is 0 Å². The molecule has 0 saturated heterocycles. The van der Waals surface area contributed by atoms with Crippen LogP contribution in [0.3, 0.4) is 0 Å². The zero-order chi connectivity index (χ0) is 23.1. The second kappa shape index (κ2) is 10.5. The van der Waals surface area contributed by atoms with E-state index in [1.165, 1.54) is 36.3 Å². The molecule has 0 aliphatic heterocycles. The number of carbonyl (C=O) groups excluding carboxylic acids is 1. The Hall–Kier alpha value is -2.79. The van der Waals surface area contributed by atoms with Crippen molar-refractivity contribution in [2.45, 2.75) is 19.1 Å². The molecule has 0 saturated carbocycles. The fourth-order valence-electron chi connectivity index (χ4n) is 2.67. The van der Waals surface area contributed by atoms with Crippen molar-refractivity contribution < 1.29 is 35.3 Å². The summed E-state index contributed by atoms with van der Waals surface area (Å²) in [6.45, 7) is 0.836. The molecule has 0 aliphatic carbocycles. The van der Waals surface area contributed by atoms with Gasteiger partial charge in [-0.1, -0.05) is 18.2 Å². The molecule has 0 aromatic heterocycles. The van der Waals surface area contributed by atoms with Crippen LogP contribution in [0.5, 0.6) is 5.75 Å². The Balaban J connectivity index is 2.13. The van der Waals surface area contributed by atoms with E-state index >= 15 is 0 Å². The molecule has 0 fully saturated rings. The van der Waals surface area contributed by atoms with Gasteiger partial charge in [-0.25, -0.2) is 4.79 Å². The van der Waals surface area contributed by atoms with Gasteiger partial charge in [-0.2, -0.15) is 21.6 Å². The van der Waals surface area contributed by atoms with Crippen molar-refractivity contribution >= 4 is 21.8 Å². The van der Waals surface area contributed by atoms with Crippen LogP contribution in [0.4, 0.5) is 23.7 Å². The van der Waals surface area contributed by atoms with E-state index in [4.69, 9.17) is 8.92 Å². The number of amides is 2. The van der Waals surface area contributed by atoms with Gasteiger partial charge in [0, 0.05) is 32.5 Å². The summed E-state index contributed by atoms with van der Waals surface area (Å²) in [5.41, 5.74) is -0.163. The summed E-state index contributed by atoms with van der Waals surface area (Å²) in [5.74, 6) is 0.130. The summed E-state index contributed by atoms with van der Waals surface area (Å²) >= 11 is 0. The second-order valence-electron chi connectivity index (χ2n) is 6.71. The van der Waals surface area contributed by atoms with Crippen molar-refractivity contribution in [1.29, 1.82) is 0 Å². The highest BCUT2D eigenvalue weighted by atomic mass is 32.2. The predicted octanol–water partition coefficient (Wildman–Crippen LogP) is 4.11. The number of methoxy groups -OCH3 is 1. The number of hydrogen-bond acceptors (Lipinski definition) is 5. The Labute approximate surface area is 178 Å². The minimum Gasteiger partial charge on any atom is -0.385 e. The lowest BCUT2D eigenvalue weighted by atomic mass is 10.2. The first-order chi connectivity index (χ1) is 14.5. The molecule has 0 atom stereocenters. The van der Waals surface area contributed by atoms with Crippen molar-refractivity contribution in [2.75, 3.05) is 31.8 Å². The molecule has 0 radical (unpaired) electrons. The van der Waals surface area contributed by atoms with Crippen LogP contribution in [0.2, 0.25) is 0 Å². The minimum atomic E-state index is -4.52. The average Bonchev–Trinajstić information content (AvgIpc) is 2.67. The normalized spacial score (nSPS) is 11.8. The smallest absolute Gasteiger partial charge is 0.385 e. The molecule has 0 bridgehead atoms. The molecule has 2 aromatic rings. The number of urea groups is 1. The molecule has 0 heterocycles. The molecular formula is C20H23F3N2O5S. The fourth-order valence-corrected chi connectivity index (χ4v) is 3.13. The topological polar surface area (TPSA) is 84.9 Å². The van der Waals surface area contributed by atoms with Crippen LogP contribution in [-0.2, 0) is 27.6 Å². The molecule has 1 N–H and O–H groups in total. The van der Waals surface area contributed by atoms with E-state index < -0.39 is 27.9 Å². The van der Waals surface area contributed by atoms with Gasteiger partial charge in [-0.05, 0) is 42.3 Å². The van der Waals surface area contributed by atoms with Crippen LogP contribution in [0.1, 0.15) is 17.5 Å². The summed E-state index contributed by atoms with van der Waals surface area (Å²) in [4.78, 5) is 14.1. The molecule has 0 spiro atoms. The number of benzene rings is 2. The zero-order valence-electron chi connectivity index (χ0n) is 17.0. The highest BCUT2D eigenvalue weighted by molar-refractivity contribution is 7.86. The monoisotopic (exact) mass is 460 g/mol. The maximum atomic E-state index is 12.9. The van der Waals surface area contributed by atoms with Gasteiger partial charge in [0.05, 0.1) is 11.8 Å². The quantitative estimate of drug-likeness (QED) is 0.450. The number of ether oxygens (including phenoxy) is 1. The molecular weight excluding hydrogens is 437 g/mol. The first-order valence-corrected chi connectivity index (χ1v) is 11.0. The first-order valence-electron chi connectivity index (χ1n) is 9.18. The molecule has 170 valence electrons. The number of carbonyl (C=O) groups is 1. The number of halogens is 3. The van der Waals surface area contributed by atoms with Gasteiger partial charge in [0.1, 0.15) is 5.75 Å². The van der Waals surface area contributed by atoms with E-state index in [9.17, 15) is 26.4 Å². The molecule has 11 heteroatoms. The number of rotatable bonds is 9. The number of alkyl halides is 3. The predicted molar refractivity (Wildman–Crippen MR) is 109 cm³/mol. The molecule has 7 nitrogen and oxygen atoms in total. The average molecular weight is 460 g/mol. The third kappa shape index (κ3) is 8.46. The number of hydrogen-bond donors (Lipinski definition) is 1. The van der Waals surface area contributed by atoms with Crippen molar-refractivity contribution in [2.24, 2.45) is 0 Å². The van der Waals surface area contributed by atoms with E-state index in [0.717, 1.165) is 18.4 Å². The molecule has 2 aromatic carbocycles. The highest BCUT2D eigenvalue weighted by Crippen LogP contribution is 2.30. The summed E-state index contributed by atoms with van der Waals surface area (Å²) in [6.07, 6.45) is -3.08. The van der Waals surface area contributed by atoms with E-state index in [2.05, 4.69) is 5.32 Å². The van der Waals surface area contributed by atoms with Crippen molar-refractivity contribution in [3.05, 3.63) is 59.7 Å². The lowest BCUT2D eigenvalue weighted by molar-refractivity contribution is -0.137. The molecule has 31 heavy (non-hydrogen) atoms. The van der Waals surface area contributed by atoms with Gasteiger partial charge in [-0.15, -0.1) is 0 Å². The van der Waals surface area contributed by atoms with Crippen LogP contribution in [0, 0.1) is 0 Å². The van der Waals surface area contributed by atoms with Crippen LogP contribution >= 0.6 is 0 Å². The minimum absolute atomic E-state index is 0.0217. The Morgan fingerprint density at radius 2 is 1.81 bits per heavy atom. The van der Waals surface area contributed by atoms with Gasteiger partial charge in [0.2, 0.25) is 0 Å². The van der Waals surface area contributed by atoms with Crippen LogP contribution < -0.4 is 9.50 Å². The molecule has 0 unspecified atom stereocenters. The Kier molecular flexibility index (Phi) is 8.28. The second-order valence-corrected chi connectivity index (χ2v) is 8.28. The van der Waals surface area contributed by atoms with Crippen LogP contribution in [0.15, 0.2) is 48.5 Å². The highest BCUT2D eigenvalue weighted by Gasteiger charge is 2.30. The SMILES string of the molecule is COCCCN(Cc1ccc(OS(C)(=O)=O)cc1)C(=O)Nc1cccc(C(F)(F)F)c1. The number of nitrogens with one attached hydrogen (secondary N) is 1. The van der Waals surface area contributed by atoms with E-state index in [1.807, 2.05) is 0 Å². The molecule has 2 amide bonds. The van der Waals surface area contributed by atoms with Crippen LogP contribution in [0.25, 0.3) is 0 Å². The summed E-state index contributed by atoms with van der Waals surface area (Å²) in [7, 11) is -2.14. The summed E-state index contributed by atoms with van der Waals surface area (Å²) in [6, 6.07) is 9.90. The third-order valence-corrected chi connectivity index (χ3v) is 4.54. The molecule has 0 aliphatic rings. The first kappa shape index (κ1) is 24.5.